The number of nitrogens with zero attached hydrogens (tertiary/aromatic N) is 3. The van der Waals surface area contributed by atoms with Crippen molar-refractivity contribution in [2.24, 2.45) is 5.92 Å². The number of methoxy groups -OCH3 is 1. The maximum absolute atomic E-state index is 5.59. The molecule has 1 aromatic rings. The molecule has 1 aliphatic heterocycles. The monoisotopic (exact) mass is 278 g/mol. The highest BCUT2D eigenvalue weighted by atomic mass is 16.5. The number of aryl methyl sites for hydroxylation is 1. The van der Waals surface area contributed by atoms with Crippen molar-refractivity contribution in [2.45, 2.75) is 39.2 Å². The van der Waals surface area contributed by atoms with Gasteiger partial charge in [-0.25, -0.2) is 9.97 Å². The molecular formula is C15H26N4O. The third-order valence-electron chi connectivity index (χ3n) is 4.00. The van der Waals surface area contributed by atoms with E-state index >= 15 is 0 Å². The van der Waals surface area contributed by atoms with Gasteiger partial charge in [-0.3, -0.25) is 0 Å². The van der Waals surface area contributed by atoms with Crippen LogP contribution in [-0.2, 0) is 11.2 Å². The van der Waals surface area contributed by atoms with Crippen LogP contribution in [0.25, 0.3) is 0 Å². The van der Waals surface area contributed by atoms with Crippen molar-refractivity contribution in [1.29, 1.82) is 0 Å². The van der Waals surface area contributed by atoms with Crippen LogP contribution in [0, 0.1) is 5.92 Å². The van der Waals surface area contributed by atoms with Crippen LogP contribution < -0.4 is 10.2 Å². The molecule has 5 heteroatoms. The average Bonchev–Trinajstić information content (AvgIpc) is 2.47. The Morgan fingerprint density at radius 3 is 2.90 bits per heavy atom. The summed E-state index contributed by atoms with van der Waals surface area (Å²) in [6.07, 6.45) is 3.40. The van der Waals surface area contributed by atoms with Crippen molar-refractivity contribution >= 4 is 11.6 Å². The van der Waals surface area contributed by atoms with Gasteiger partial charge in [-0.1, -0.05) is 13.8 Å². The molecule has 1 aromatic heterocycles. The maximum atomic E-state index is 5.59. The van der Waals surface area contributed by atoms with Crippen molar-refractivity contribution in [3.8, 4) is 0 Å². The Bertz CT molecular complexity index is 438. The summed E-state index contributed by atoms with van der Waals surface area (Å²) in [7, 11) is 3.70. The molecule has 2 atom stereocenters. The molecule has 0 spiro atoms. The first-order chi connectivity index (χ1) is 9.67. The number of hydrogen-bond acceptors (Lipinski definition) is 5. The molecule has 112 valence electrons. The van der Waals surface area contributed by atoms with E-state index in [1.165, 1.54) is 0 Å². The Kier molecular flexibility index (Phi) is 5.17. The number of aromatic nitrogens is 2. The van der Waals surface area contributed by atoms with Crippen LogP contribution in [0.15, 0.2) is 6.07 Å². The predicted octanol–water partition coefficient (Wildman–Crippen LogP) is 2.33. The molecule has 2 unspecified atom stereocenters. The van der Waals surface area contributed by atoms with Gasteiger partial charge >= 0.3 is 0 Å². The molecule has 0 aliphatic carbocycles. The number of ether oxygens (including phenoxy) is 1. The second-order valence-corrected chi connectivity index (χ2v) is 5.51. The van der Waals surface area contributed by atoms with Crippen molar-refractivity contribution in [3.63, 3.8) is 0 Å². The van der Waals surface area contributed by atoms with Crippen LogP contribution in [0.4, 0.5) is 11.6 Å². The highest BCUT2D eigenvalue weighted by Gasteiger charge is 2.27. The molecule has 0 amide bonds. The van der Waals surface area contributed by atoms with Gasteiger partial charge in [-0.05, 0) is 18.8 Å². The first kappa shape index (κ1) is 15.0. The number of hydrogen-bond donors (Lipinski definition) is 1. The Morgan fingerprint density at radius 2 is 2.25 bits per heavy atom. The van der Waals surface area contributed by atoms with Crippen molar-refractivity contribution in [1.82, 2.24) is 9.97 Å². The molecule has 5 nitrogen and oxygen atoms in total. The third-order valence-corrected chi connectivity index (χ3v) is 4.00. The fraction of sp³-hybridized carbons (Fsp3) is 0.733. The van der Waals surface area contributed by atoms with Gasteiger partial charge in [0, 0.05) is 39.7 Å². The lowest BCUT2D eigenvalue weighted by atomic mass is 9.96. The zero-order chi connectivity index (χ0) is 14.5. The summed E-state index contributed by atoms with van der Waals surface area (Å²) >= 11 is 0. The molecule has 1 saturated heterocycles. The lowest BCUT2D eigenvalue weighted by Gasteiger charge is -2.37. The molecule has 20 heavy (non-hydrogen) atoms. The largest absolute Gasteiger partial charge is 0.379 e. The molecule has 0 bridgehead atoms. The van der Waals surface area contributed by atoms with E-state index in [1.54, 1.807) is 7.11 Å². The fourth-order valence-corrected chi connectivity index (χ4v) is 2.66. The lowest BCUT2D eigenvalue weighted by Crippen LogP contribution is -2.44. The van der Waals surface area contributed by atoms with E-state index in [0.29, 0.717) is 5.92 Å². The van der Waals surface area contributed by atoms with E-state index in [4.69, 9.17) is 9.72 Å². The van der Waals surface area contributed by atoms with Gasteiger partial charge in [0.1, 0.15) is 17.5 Å². The second kappa shape index (κ2) is 6.88. The second-order valence-electron chi connectivity index (χ2n) is 5.51. The standard InChI is InChI=1S/C15H26N4O/c1-5-6-13-17-14(16-3)9-15(18-13)19-8-7-11(2)12(10-19)20-4/h9,11-12H,5-8,10H2,1-4H3,(H,16,17,18). The van der Waals surface area contributed by atoms with E-state index in [9.17, 15) is 0 Å². The van der Waals surface area contributed by atoms with Crippen LogP contribution in [0.5, 0.6) is 0 Å². The summed E-state index contributed by atoms with van der Waals surface area (Å²) in [5.41, 5.74) is 0. The van der Waals surface area contributed by atoms with E-state index in [0.717, 1.165) is 49.8 Å². The van der Waals surface area contributed by atoms with Crippen LogP contribution >= 0.6 is 0 Å². The quantitative estimate of drug-likeness (QED) is 0.896. The molecule has 2 rings (SSSR count). The van der Waals surface area contributed by atoms with Crippen LogP contribution in [0.3, 0.4) is 0 Å². The molecule has 1 aliphatic rings. The van der Waals surface area contributed by atoms with E-state index in [-0.39, 0.29) is 6.10 Å². The minimum atomic E-state index is 0.284. The smallest absolute Gasteiger partial charge is 0.134 e. The maximum Gasteiger partial charge on any atom is 0.134 e. The highest BCUT2D eigenvalue weighted by molar-refractivity contribution is 5.49. The summed E-state index contributed by atoms with van der Waals surface area (Å²) < 4.78 is 5.59. The summed E-state index contributed by atoms with van der Waals surface area (Å²) in [5, 5.41) is 3.13. The van der Waals surface area contributed by atoms with E-state index in [2.05, 4.69) is 29.0 Å². The minimum absolute atomic E-state index is 0.284. The van der Waals surface area contributed by atoms with Crippen LogP contribution in [0.2, 0.25) is 0 Å². The summed E-state index contributed by atoms with van der Waals surface area (Å²) in [6.45, 7) is 6.35. The summed E-state index contributed by atoms with van der Waals surface area (Å²) in [6, 6.07) is 2.03. The van der Waals surface area contributed by atoms with Crippen molar-refractivity contribution in [2.75, 3.05) is 37.5 Å². The molecule has 0 saturated carbocycles. The van der Waals surface area contributed by atoms with E-state index in [1.807, 2.05) is 13.1 Å². The van der Waals surface area contributed by atoms with Crippen LogP contribution in [-0.4, -0.2) is 43.3 Å². The van der Waals surface area contributed by atoms with Gasteiger partial charge in [0.15, 0.2) is 0 Å². The van der Waals surface area contributed by atoms with Gasteiger partial charge < -0.3 is 15.0 Å². The van der Waals surface area contributed by atoms with Gasteiger partial charge in [-0.15, -0.1) is 0 Å². The molecule has 0 radical (unpaired) electrons. The van der Waals surface area contributed by atoms with Crippen molar-refractivity contribution in [3.05, 3.63) is 11.9 Å². The Morgan fingerprint density at radius 1 is 1.45 bits per heavy atom. The number of anilines is 2. The average molecular weight is 278 g/mol. The fourth-order valence-electron chi connectivity index (χ4n) is 2.66. The van der Waals surface area contributed by atoms with Gasteiger partial charge in [0.05, 0.1) is 6.10 Å². The first-order valence-electron chi connectivity index (χ1n) is 7.51. The Labute approximate surface area is 121 Å². The molecule has 1 N–H and O–H groups in total. The summed E-state index contributed by atoms with van der Waals surface area (Å²) in [4.78, 5) is 11.5. The van der Waals surface area contributed by atoms with Crippen LogP contribution in [0.1, 0.15) is 32.5 Å². The molecule has 0 aromatic carbocycles. The Hall–Kier alpha value is -1.36. The number of rotatable bonds is 5. The predicted molar refractivity (Wildman–Crippen MR) is 82.4 cm³/mol. The molecular weight excluding hydrogens is 252 g/mol. The minimum Gasteiger partial charge on any atom is -0.379 e. The van der Waals surface area contributed by atoms with Crippen molar-refractivity contribution < 1.29 is 4.74 Å². The zero-order valence-corrected chi connectivity index (χ0v) is 13.0. The van der Waals surface area contributed by atoms with E-state index < -0.39 is 0 Å². The summed E-state index contributed by atoms with van der Waals surface area (Å²) in [5.74, 6) is 3.44. The highest BCUT2D eigenvalue weighted by Crippen LogP contribution is 2.25. The lowest BCUT2D eigenvalue weighted by molar-refractivity contribution is 0.0496. The normalized spacial score (nSPS) is 22.9. The topological polar surface area (TPSA) is 50.3 Å². The van der Waals surface area contributed by atoms with Gasteiger partial charge in [0.2, 0.25) is 0 Å². The molecule has 1 fully saturated rings. The van der Waals surface area contributed by atoms with Gasteiger partial charge in [0.25, 0.3) is 0 Å². The zero-order valence-electron chi connectivity index (χ0n) is 13.0. The first-order valence-corrected chi connectivity index (χ1v) is 7.51. The Balaban J connectivity index is 2.20. The SMILES string of the molecule is CCCc1nc(NC)cc(N2CCC(C)C(OC)C2)n1. The molecule has 2 heterocycles. The number of nitrogens with one attached hydrogen (secondary N) is 1. The number of piperidine rings is 1. The third kappa shape index (κ3) is 3.39. The van der Waals surface area contributed by atoms with Gasteiger partial charge in [-0.2, -0.15) is 0 Å².